The van der Waals surface area contributed by atoms with E-state index in [-0.39, 0.29) is 5.41 Å². The minimum Gasteiger partial charge on any atom is -0.479 e. The summed E-state index contributed by atoms with van der Waals surface area (Å²) in [6.45, 7) is 8.66. The van der Waals surface area contributed by atoms with Crippen LogP contribution in [0.2, 0.25) is 5.02 Å². The first-order chi connectivity index (χ1) is 10.8. The van der Waals surface area contributed by atoms with Gasteiger partial charge in [0.25, 0.3) is 5.91 Å². The number of hydrogen-bond donors (Lipinski definition) is 1. The molecule has 0 radical (unpaired) electrons. The van der Waals surface area contributed by atoms with Gasteiger partial charge in [0.15, 0.2) is 6.10 Å². The highest BCUT2D eigenvalue weighted by Gasteiger charge is 2.22. The van der Waals surface area contributed by atoms with Crippen LogP contribution in [-0.2, 0) is 10.2 Å². The third kappa shape index (κ3) is 6.06. The predicted molar refractivity (Wildman–Crippen MR) is 97.1 cm³/mol. The summed E-state index contributed by atoms with van der Waals surface area (Å²) in [5.41, 5.74) is 6.69. The van der Waals surface area contributed by atoms with Crippen LogP contribution in [0.15, 0.2) is 18.2 Å². The van der Waals surface area contributed by atoms with E-state index in [1.165, 1.54) is 0 Å². The number of primary amides is 1. The van der Waals surface area contributed by atoms with Gasteiger partial charge >= 0.3 is 0 Å². The van der Waals surface area contributed by atoms with Crippen molar-refractivity contribution >= 4 is 17.5 Å². The Balaban J connectivity index is 2.79. The third-order valence-electron chi connectivity index (χ3n) is 4.50. The summed E-state index contributed by atoms with van der Waals surface area (Å²) in [4.78, 5) is 11.6. The van der Waals surface area contributed by atoms with E-state index in [9.17, 15) is 4.79 Å². The predicted octanol–water partition coefficient (Wildman–Crippen LogP) is 5.23. The topological polar surface area (TPSA) is 52.3 Å². The van der Waals surface area contributed by atoms with E-state index in [0.717, 1.165) is 37.7 Å². The van der Waals surface area contributed by atoms with Crippen LogP contribution in [0.3, 0.4) is 0 Å². The molecule has 0 heterocycles. The second-order valence-electron chi connectivity index (χ2n) is 6.74. The molecule has 1 atom stereocenters. The van der Waals surface area contributed by atoms with Crippen LogP contribution in [-0.4, -0.2) is 12.0 Å². The monoisotopic (exact) mass is 339 g/mol. The molecule has 1 amide bonds. The van der Waals surface area contributed by atoms with Crippen LogP contribution < -0.4 is 10.5 Å². The minimum absolute atomic E-state index is 0.0609. The second kappa shape index (κ2) is 9.17. The number of unbranched alkanes of at least 4 members (excludes halogenated alkanes) is 3. The first-order valence-corrected chi connectivity index (χ1v) is 8.95. The van der Waals surface area contributed by atoms with E-state index in [1.807, 2.05) is 18.2 Å². The maximum atomic E-state index is 11.6. The summed E-state index contributed by atoms with van der Waals surface area (Å²) in [5.74, 6) is 0.0946. The smallest absolute Gasteiger partial charge is 0.258 e. The van der Waals surface area contributed by atoms with Crippen molar-refractivity contribution in [2.75, 3.05) is 0 Å². The Labute approximate surface area is 145 Å². The van der Waals surface area contributed by atoms with Crippen LogP contribution >= 0.6 is 11.6 Å². The van der Waals surface area contributed by atoms with Crippen LogP contribution in [0.4, 0.5) is 0 Å². The Morgan fingerprint density at radius 3 is 2.48 bits per heavy atom. The largest absolute Gasteiger partial charge is 0.479 e. The summed E-state index contributed by atoms with van der Waals surface area (Å²) in [5, 5.41) is 0.531. The molecule has 130 valence electrons. The van der Waals surface area contributed by atoms with Gasteiger partial charge in [-0.1, -0.05) is 64.6 Å². The maximum absolute atomic E-state index is 11.6. The van der Waals surface area contributed by atoms with E-state index in [0.29, 0.717) is 17.2 Å². The maximum Gasteiger partial charge on any atom is 0.258 e. The molecule has 0 saturated carbocycles. The van der Waals surface area contributed by atoms with Crippen LogP contribution in [0.25, 0.3) is 0 Å². The summed E-state index contributed by atoms with van der Waals surface area (Å²) in [7, 11) is 0. The summed E-state index contributed by atoms with van der Waals surface area (Å²) in [6, 6.07) is 5.78. The van der Waals surface area contributed by atoms with Crippen molar-refractivity contribution in [2.45, 2.75) is 77.7 Å². The summed E-state index contributed by atoms with van der Waals surface area (Å²) in [6.07, 6.45) is 5.37. The number of carbonyl (C=O) groups excluding carboxylic acids is 1. The highest BCUT2D eigenvalue weighted by atomic mass is 35.5. The summed E-state index contributed by atoms with van der Waals surface area (Å²) >= 11 is 6.35. The highest BCUT2D eigenvalue weighted by Crippen LogP contribution is 2.33. The molecule has 4 heteroatoms. The quantitative estimate of drug-likeness (QED) is 0.593. The molecule has 0 saturated heterocycles. The average Bonchev–Trinajstić information content (AvgIpc) is 2.51. The van der Waals surface area contributed by atoms with E-state index in [1.54, 1.807) is 0 Å². The lowest BCUT2D eigenvalue weighted by molar-refractivity contribution is -0.125. The van der Waals surface area contributed by atoms with E-state index in [2.05, 4.69) is 27.7 Å². The first-order valence-electron chi connectivity index (χ1n) is 8.57. The number of amides is 1. The zero-order valence-corrected chi connectivity index (χ0v) is 15.6. The molecule has 0 fully saturated rings. The van der Waals surface area contributed by atoms with Gasteiger partial charge in [0.1, 0.15) is 5.75 Å². The number of benzene rings is 1. The molecule has 2 N–H and O–H groups in total. The fourth-order valence-corrected chi connectivity index (χ4v) is 2.62. The molecule has 0 aliphatic rings. The highest BCUT2D eigenvalue weighted by molar-refractivity contribution is 6.32. The Morgan fingerprint density at radius 1 is 1.26 bits per heavy atom. The number of hydrogen-bond acceptors (Lipinski definition) is 2. The average molecular weight is 340 g/mol. The lowest BCUT2D eigenvalue weighted by atomic mass is 9.82. The molecule has 1 unspecified atom stereocenters. The van der Waals surface area contributed by atoms with Gasteiger partial charge in [-0.25, -0.2) is 0 Å². The van der Waals surface area contributed by atoms with E-state index >= 15 is 0 Å². The summed E-state index contributed by atoms with van der Waals surface area (Å²) < 4.78 is 5.78. The van der Waals surface area contributed by atoms with Gasteiger partial charge in [-0.2, -0.15) is 0 Å². The van der Waals surface area contributed by atoms with Gasteiger partial charge < -0.3 is 10.5 Å². The van der Waals surface area contributed by atoms with Gasteiger partial charge in [0.2, 0.25) is 0 Å². The Kier molecular flexibility index (Phi) is 7.90. The van der Waals surface area contributed by atoms with Crippen molar-refractivity contribution in [1.82, 2.24) is 0 Å². The van der Waals surface area contributed by atoms with Crippen molar-refractivity contribution in [2.24, 2.45) is 5.73 Å². The molecule has 1 aromatic carbocycles. The van der Waals surface area contributed by atoms with Gasteiger partial charge in [0.05, 0.1) is 5.02 Å². The SMILES string of the molecule is CCCCCCC(Oc1ccc(C(C)(C)CC)cc1Cl)C(N)=O. The standard InChI is InChI=1S/C19H30ClNO2/c1-5-7-8-9-10-17(18(21)22)23-16-12-11-14(13-15(16)20)19(3,4)6-2/h11-13,17H,5-10H2,1-4H3,(H2,21,22). The third-order valence-corrected chi connectivity index (χ3v) is 4.80. The minimum atomic E-state index is -0.616. The zero-order valence-electron chi connectivity index (χ0n) is 14.8. The number of carbonyl (C=O) groups is 1. The van der Waals surface area contributed by atoms with Crippen molar-refractivity contribution in [3.8, 4) is 5.75 Å². The normalized spacial score (nSPS) is 12.9. The Morgan fingerprint density at radius 2 is 1.96 bits per heavy atom. The van der Waals surface area contributed by atoms with E-state index in [4.69, 9.17) is 22.1 Å². The molecular formula is C19H30ClNO2. The molecule has 1 rings (SSSR count). The van der Waals surface area contributed by atoms with Crippen molar-refractivity contribution in [3.63, 3.8) is 0 Å². The molecule has 0 spiro atoms. The Hall–Kier alpha value is -1.22. The molecule has 0 aromatic heterocycles. The molecule has 3 nitrogen and oxygen atoms in total. The molecule has 23 heavy (non-hydrogen) atoms. The van der Waals surface area contributed by atoms with Crippen molar-refractivity contribution in [3.05, 3.63) is 28.8 Å². The molecule has 0 aliphatic heterocycles. The zero-order chi connectivity index (χ0) is 17.5. The van der Waals surface area contributed by atoms with Crippen LogP contribution in [0, 0.1) is 0 Å². The number of rotatable bonds is 10. The molecular weight excluding hydrogens is 310 g/mol. The first kappa shape index (κ1) is 19.8. The molecule has 0 aliphatic carbocycles. The van der Waals surface area contributed by atoms with E-state index < -0.39 is 12.0 Å². The second-order valence-corrected chi connectivity index (χ2v) is 7.15. The number of halogens is 1. The fraction of sp³-hybridized carbons (Fsp3) is 0.632. The lowest BCUT2D eigenvalue weighted by Gasteiger charge is -2.24. The van der Waals surface area contributed by atoms with Crippen LogP contribution in [0.1, 0.15) is 71.8 Å². The van der Waals surface area contributed by atoms with Gasteiger partial charge in [-0.3, -0.25) is 4.79 Å². The van der Waals surface area contributed by atoms with Gasteiger partial charge in [0, 0.05) is 0 Å². The number of nitrogens with two attached hydrogens (primary N) is 1. The van der Waals surface area contributed by atoms with Gasteiger partial charge in [-0.05, 0) is 42.4 Å². The Bertz CT molecular complexity index is 514. The number of ether oxygens (including phenoxy) is 1. The molecule has 0 bridgehead atoms. The van der Waals surface area contributed by atoms with Gasteiger partial charge in [-0.15, -0.1) is 0 Å². The van der Waals surface area contributed by atoms with Crippen molar-refractivity contribution in [1.29, 1.82) is 0 Å². The van der Waals surface area contributed by atoms with Crippen molar-refractivity contribution < 1.29 is 9.53 Å². The lowest BCUT2D eigenvalue weighted by Crippen LogP contribution is -2.33. The van der Waals surface area contributed by atoms with Crippen LogP contribution in [0.5, 0.6) is 5.75 Å². The molecule has 1 aromatic rings. The fourth-order valence-electron chi connectivity index (χ4n) is 2.39.